The van der Waals surface area contributed by atoms with Crippen LogP contribution in [-0.2, 0) is 21.7 Å². The van der Waals surface area contributed by atoms with Gasteiger partial charge in [-0.1, -0.05) is 29.8 Å². The van der Waals surface area contributed by atoms with Crippen LogP contribution in [0, 0.1) is 11.2 Å². The van der Waals surface area contributed by atoms with Gasteiger partial charge in [-0.25, -0.2) is 4.39 Å². The lowest BCUT2D eigenvalue weighted by Gasteiger charge is -2.39. The summed E-state index contributed by atoms with van der Waals surface area (Å²) in [6, 6.07) is 10.6. The molecule has 6 heteroatoms. The molecular weight excluding hydrogens is 391 g/mol. The number of hydrogen-bond acceptors (Lipinski definition) is 4. The smallest absolute Gasteiger partial charge is 0.312 e. The van der Waals surface area contributed by atoms with Crippen molar-refractivity contribution in [2.75, 3.05) is 13.1 Å². The number of nitrogens with one attached hydrogen (secondary N) is 1. The van der Waals surface area contributed by atoms with Crippen LogP contribution in [0.1, 0.15) is 44.7 Å². The second-order valence-electron chi connectivity index (χ2n) is 8.59. The zero-order valence-electron chi connectivity index (χ0n) is 17.1. The van der Waals surface area contributed by atoms with Gasteiger partial charge in [0.05, 0.1) is 10.4 Å². The third kappa shape index (κ3) is 4.63. The highest BCUT2D eigenvalue weighted by atomic mass is 35.5. The van der Waals surface area contributed by atoms with Crippen molar-refractivity contribution in [1.82, 2.24) is 5.32 Å². The Hall–Kier alpha value is -1.95. The molecule has 1 aliphatic heterocycles. The predicted molar refractivity (Wildman–Crippen MR) is 114 cm³/mol. The third-order valence-corrected chi connectivity index (χ3v) is 5.68. The molecule has 1 aliphatic rings. The van der Waals surface area contributed by atoms with Crippen molar-refractivity contribution >= 4 is 17.6 Å². The van der Waals surface area contributed by atoms with Crippen molar-refractivity contribution in [3.8, 4) is 11.1 Å². The molecule has 0 spiro atoms. The van der Waals surface area contributed by atoms with Gasteiger partial charge in [-0.2, -0.15) is 0 Å². The summed E-state index contributed by atoms with van der Waals surface area (Å²) in [5.41, 5.74) is 8.31. The van der Waals surface area contributed by atoms with Gasteiger partial charge in [-0.05, 0) is 74.3 Å². The minimum atomic E-state index is -0.682. The van der Waals surface area contributed by atoms with Gasteiger partial charge in [0, 0.05) is 19.4 Å². The molecule has 0 aliphatic carbocycles. The van der Waals surface area contributed by atoms with Crippen molar-refractivity contribution < 1.29 is 13.9 Å². The Morgan fingerprint density at radius 3 is 2.48 bits per heavy atom. The van der Waals surface area contributed by atoms with Crippen molar-refractivity contribution in [1.29, 1.82) is 0 Å². The van der Waals surface area contributed by atoms with E-state index in [1.807, 2.05) is 39.0 Å². The Kier molecular flexibility index (Phi) is 6.32. The molecule has 0 atom stereocenters. The summed E-state index contributed by atoms with van der Waals surface area (Å²) in [5, 5.41) is 3.41. The van der Waals surface area contributed by atoms with Crippen LogP contribution in [0.5, 0.6) is 0 Å². The van der Waals surface area contributed by atoms with E-state index in [0.29, 0.717) is 19.4 Å². The van der Waals surface area contributed by atoms with Crippen LogP contribution < -0.4 is 11.1 Å². The van der Waals surface area contributed by atoms with Crippen LogP contribution in [0.25, 0.3) is 11.1 Å². The highest BCUT2D eigenvalue weighted by molar-refractivity contribution is 6.31. The molecule has 0 aromatic heterocycles. The van der Waals surface area contributed by atoms with Crippen molar-refractivity contribution in [3.05, 3.63) is 58.4 Å². The normalized spacial score (nSPS) is 16.5. The first-order valence-electron chi connectivity index (χ1n) is 9.89. The van der Waals surface area contributed by atoms with Gasteiger partial charge in [0.25, 0.3) is 0 Å². The van der Waals surface area contributed by atoms with Crippen molar-refractivity contribution in [3.63, 3.8) is 0 Å². The fourth-order valence-electron chi connectivity index (χ4n) is 3.60. The lowest BCUT2D eigenvalue weighted by Crippen LogP contribution is -2.45. The first-order valence-corrected chi connectivity index (χ1v) is 10.3. The third-order valence-electron chi connectivity index (χ3n) is 5.39. The minimum absolute atomic E-state index is 0.0727. The number of carbonyl (C=O) groups is 1. The number of piperidine rings is 1. The van der Waals surface area contributed by atoms with E-state index in [1.165, 1.54) is 6.07 Å². The molecule has 1 heterocycles. The monoisotopic (exact) mass is 418 g/mol. The van der Waals surface area contributed by atoms with E-state index in [9.17, 15) is 9.18 Å². The Labute approximate surface area is 176 Å². The first kappa shape index (κ1) is 21.8. The molecule has 156 valence electrons. The van der Waals surface area contributed by atoms with Gasteiger partial charge in [-0.15, -0.1) is 0 Å². The standard InChI is InChI=1S/C23H28ClFN2O2/c1-22(2,3)21(28)29-23(8-10-27-11-9-23)17-5-6-18(16(12-17)14-26)15-4-7-20(25)19(24)13-15/h4-7,12-13,27H,8-11,14,26H2,1-3H3. The summed E-state index contributed by atoms with van der Waals surface area (Å²) in [5.74, 6) is -0.674. The van der Waals surface area contributed by atoms with E-state index in [0.717, 1.165) is 35.3 Å². The maximum absolute atomic E-state index is 13.6. The van der Waals surface area contributed by atoms with Crippen molar-refractivity contribution in [2.45, 2.75) is 45.8 Å². The number of ether oxygens (including phenoxy) is 1. The Morgan fingerprint density at radius 1 is 1.21 bits per heavy atom. The fraction of sp³-hybridized carbons (Fsp3) is 0.435. The van der Waals surface area contributed by atoms with Crippen LogP contribution >= 0.6 is 11.6 Å². The predicted octanol–water partition coefficient (Wildman–Crippen LogP) is 4.77. The number of rotatable bonds is 4. The molecular formula is C23H28ClFN2O2. The van der Waals surface area contributed by atoms with Crippen LogP contribution in [0.3, 0.4) is 0 Å². The topological polar surface area (TPSA) is 64.3 Å². The van der Waals surface area contributed by atoms with E-state index in [4.69, 9.17) is 22.1 Å². The molecule has 2 aromatic carbocycles. The second-order valence-corrected chi connectivity index (χ2v) is 9.00. The van der Waals surface area contributed by atoms with Gasteiger partial charge in [0.1, 0.15) is 11.4 Å². The SMILES string of the molecule is CC(C)(C)C(=O)OC1(c2ccc(-c3ccc(F)c(Cl)c3)c(CN)c2)CCNCC1. The lowest BCUT2D eigenvalue weighted by molar-refractivity contribution is -0.174. The summed E-state index contributed by atoms with van der Waals surface area (Å²) < 4.78 is 19.7. The highest BCUT2D eigenvalue weighted by Gasteiger charge is 2.40. The van der Waals surface area contributed by atoms with E-state index in [1.54, 1.807) is 12.1 Å². The van der Waals surface area contributed by atoms with Crippen molar-refractivity contribution in [2.24, 2.45) is 11.1 Å². The molecule has 29 heavy (non-hydrogen) atoms. The minimum Gasteiger partial charge on any atom is -0.454 e. The summed E-state index contributed by atoms with van der Waals surface area (Å²) >= 11 is 5.96. The van der Waals surface area contributed by atoms with Gasteiger partial charge in [0.2, 0.25) is 0 Å². The fourth-order valence-corrected chi connectivity index (χ4v) is 3.78. The Morgan fingerprint density at radius 2 is 1.90 bits per heavy atom. The average molecular weight is 419 g/mol. The molecule has 4 nitrogen and oxygen atoms in total. The summed E-state index contributed by atoms with van der Waals surface area (Å²) in [6.45, 7) is 7.42. The molecule has 0 saturated carbocycles. The maximum atomic E-state index is 13.6. The molecule has 0 bridgehead atoms. The number of esters is 1. The zero-order valence-corrected chi connectivity index (χ0v) is 17.9. The number of halogens is 2. The number of benzene rings is 2. The summed E-state index contributed by atoms with van der Waals surface area (Å²) in [7, 11) is 0. The number of nitrogens with two attached hydrogens (primary N) is 1. The molecule has 1 fully saturated rings. The van der Waals surface area contributed by atoms with Gasteiger partial charge >= 0.3 is 5.97 Å². The highest BCUT2D eigenvalue weighted by Crippen LogP contribution is 2.39. The van der Waals surface area contributed by atoms with Crippen LogP contribution in [0.15, 0.2) is 36.4 Å². The van der Waals surface area contributed by atoms with Gasteiger partial charge in [-0.3, -0.25) is 4.79 Å². The molecule has 0 radical (unpaired) electrons. The van der Waals surface area contributed by atoms with Crippen LogP contribution in [0.4, 0.5) is 4.39 Å². The lowest BCUT2D eigenvalue weighted by atomic mass is 9.82. The average Bonchev–Trinajstić information content (AvgIpc) is 2.69. The van der Waals surface area contributed by atoms with Gasteiger partial charge in [0.15, 0.2) is 0 Å². The first-order chi connectivity index (χ1) is 13.7. The molecule has 1 saturated heterocycles. The Balaban J connectivity index is 2.03. The van der Waals surface area contributed by atoms with E-state index in [2.05, 4.69) is 5.32 Å². The summed E-state index contributed by atoms with van der Waals surface area (Å²) in [4.78, 5) is 12.7. The van der Waals surface area contributed by atoms with E-state index >= 15 is 0 Å². The van der Waals surface area contributed by atoms with Crippen LogP contribution in [-0.4, -0.2) is 19.1 Å². The van der Waals surface area contributed by atoms with Crippen LogP contribution in [0.2, 0.25) is 5.02 Å². The second kappa shape index (κ2) is 8.42. The molecule has 2 aromatic rings. The number of hydrogen-bond donors (Lipinski definition) is 2. The largest absolute Gasteiger partial charge is 0.454 e. The quantitative estimate of drug-likeness (QED) is 0.702. The Bertz CT molecular complexity index is 902. The van der Waals surface area contributed by atoms with E-state index in [-0.39, 0.29) is 11.0 Å². The molecule has 3 rings (SSSR count). The zero-order chi connectivity index (χ0) is 21.2. The van der Waals surface area contributed by atoms with Gasteiger partial charge < -0.3 is 15.8 Å². The number of carbonyl (C=O) groups excluding carboxylic acids is 1. The summed E-state index contributed by atoms with van der Waals surface area (Å²) in [6.07, 6.45) is 1.39. The molecule has 3 N–H and O–H groups in total. The van der Waals surface area contributed by atoms with E-state index < -0.39 is 16.8 Å². The molecule has 0 amide bonds. The molecule has 0 unspecified atom stereocenters. The maximum Gasteiger partial charge on any atom is 0.312 e.